The summed E-state index contributed by atoms with van der Waals surface area (Å²) in [4.78, 5) is 48.6. The number of nitrogens with zero attached hydrogens (tertiary/aromatic N) is 3. The van der Waals surface area contributed by atoms with Gasteiger partial charge in [-0.15, -0.1) is 24.9 Å². The number of fused-ring (bicyclic) bond motifs is 1. The number of alkyl halides is 1. The summed E-state index contributed by atoms with van der Waals surface area (Å²) in [7, 11) is 0. The predicted molar refractivity (Wildman–Crippen MR) is 170 cm³/mol. The van der Waals surface area contributed by atoms with Crippen LogP contribution in [0.5, 0.6) is 0 Å². The second-order valence-corrected chi connectivity index (χ2v) is 14.4. The first-order valence-electron chi connectivity index (χ1n) is 14.4. The zero-order valence-electron chi connectivity index (χ0n) is 24.0. The van der Waals surface area contributed by atoms with E-state index in [1.807, 2.05) is 26.8 Å². The number of rotatable bonds is 13. The van der Waals surface area contributed by atoms with E-state index in [1.54, 1.807) is 56.8 Å². The summed E-state index contributed by atoms with van der Waals surface area (Å²) in [6, 6.07) is 5.69. The van der Waals surface area contributed by atoms with Crippen LogP contribution in [0.25, 0.3) is 0 Å². The van der Waals surface area contributed by atoms with Gasteiger partial charge >= 0.3 is 0 Å². The molecule has 10 heteroatoms. The Labute approximate surface area is 261 Å². The zero-order chi connectivity index (χ0) is 30.1. The second kappa shape index (κ2) is 13.2. The number of hydrogen-bond acceptors (Lipinski definition) is 5. The number of aliphatic hydroxyl groups is 1. The highest BCUT2D eigenvalue weighted by molar-refractivity contribution is 9.09. The van der Waals surface area contributed by atoms with Crippen molar-refractivity contribution in [2.45, 2.75) is 66.9 Å². The average Bonchev–Trinajstić information content (AvgIpc) is 3.55. The molecule has 2 bridgehead atoms. The molecule has 41 heavy (non-hydrogen) atoms. The van der Waals surface area contributed by atoms with Crippen molar-refractivity contribution in [2.24, 2.45) is 17.8 Å². The summed E-state index contributed by atoms with van der Waals surface area (Å²) in [6.07, 6.45) is 5.43. The number of para-hydroxylation sites is 1. The fourth-order valence-corrected chi connectivity index (χ4v) is 10.8. The van der Waals surface area contributed by atoms with Gasteiger partial charge in [-0.25, -0.2) is 0 Å². The van der Waals surface area contributed by atoms with E-state index >= 15 is 0 Å². The third-order valence-electron chi connectivity index (χ3n) is 8.97. The number of carbonyl (C=O) groups excluding carboxylic acids is 3. The first kappa shape index (κ1) is 32.1. The van der Waals surface area contributed by atoms with E-state index in [2.05, 4.69) is 29.1 Å². The quantitative estimate of drug-likeness (QED) is 0.233. The Bertz CT molecular complexity index is 1190. The minimum atomic E-state index is -0.880. The maximum Gasteiger partial charge on any atom is 0.251 e. The molecule has 0 radical (unpaired) electrons. The van der Waals surface area contributed by atoms with Crippen LogP contribution in [0.4, 0.5) is 5.69 Å². The van der Waals surface area contributed by atoms with Gasteiger partial charge in [0.2, 0.25) is 11.8 Å². The molecule has 3 saturated heterocycles. The van der Waals surface area contributed by atoms with E-state index in [9.17, 15) is 19.5 Å². The van der Waals surface area contributed by atoms with Crippen LogP contribution in [0, 0.1) is 17.8 Å². The highest BCUT2D eigenvalue weighted by Crippen LogP contribution is 2.68. The van der Waals surface area contributed by atoms with Crippen molar-refractivity contribution >= 4 is 62.7 Å². The lowest BCUT2D eigenvalue weighted by molar-refractivity contribution is -0.146. The summed E-state index contributed by atoms with van der Waals surface area (Å²) in [5.41, 5.74) is 0.538. The Hall–Kier alpha value is -1.81. The van der Waals surface area contributed by atoms with Gasteiger partial charge < -0.3 is 19.8 Å². The number of likely N-dealkylation sites (tertiary alicyclic amines) is 1. The molecule has 3 aliphatic rings. The van der Waals surface area contributed by atoms with Crippen LogP contribution in [0.3, 0.4) is 0 Å². The summed E-state index contributed by atoms with van der Waals surface area (Å²) in [5, 5.41) is 10.9. The topological polar surface area (TPSA) is 81.2 Å². The molecule has 3 aliphatic heterocycles. The SMILES string of the molecule is C=CCN(CCC)C(=O)[C@H]1[C@@H]2SC3(CC2Br)C(C(=O)N(CC=C)c2ccccc2Cl)N([C@@H](CO)[C@@H](C)CC)C(=O)[C@H]13. The molecule has 4 rings (SSSR count). The standard InChI is InChI=1S/C31H41BrClN3O4S/c1-6-14-34(15-7-2)28(38)24-25-29(39)36(23(18-37)19(5)9-4)27(31(25)17-20(32)26(24)41-31)30(40)35(16-8-3)22-13-11-10-12-21(22)33/h6,8,10-13,19-20,23-27,37H,1,3,7,9,14-18H2,2,4-5H3/t19-,20?,23-,24+,25-,26+,27?,31?/m0/s1. The number of hydrogen-bond donors (Lipinski definition) is 1. The first-order chi connectivity index (χ1) is 19.6. The fourth-order valence-electron chi connectivity index (χ4n) is 6.98. The van der Waals surface area contributed by atoms with Gasteiger partial charge in [0, 0.05) is 29.7 Å². The molecule has 1 aromatic rings. The minimum Gasteiger partial charge on any atom is -0.394 e. The Morgan fingerprint density at radius 1 is 1.24 bits per heavy atom. The van der Waals surface area contributed by atoms with Crippen molar-refractivity contribution < 1.29 is 19.5 Å². The predicted octanol–water partition coefficient (Wildman–Crippen LogP) is 5.16. The van der Waals surface area contributed by atoms with Gasteiger partial charge in [-0.2, -0.15) is 0 Å². The van der Waals surface area contributed by atoms with E-state index < -0.39 is 28.7 Å². The van der Waals surface area contributed by atoms with Gasteiger partial charge in [0.05, 0.1) is 39.9 Å². The zero-order valence-corrected chi connectivity index (χ0v) is 27.2. The highest BCUT2D eigenvalue weighted by atomic mass is 79.9. The first-order valence-corrected chi connectivity index (χ1v) is 16.6. The third kappa shape index (κ3) is 5.41. The molecular formula is C31H41BrClN3O4S. The van der Waals surface area contributed by atoms with Crippen LogP contribution < -0.4 is 4.90 Å². The summed E-state index contributed by atoms with van der Waals surface area (Å²) < 4.78 is -0.832. The molecule has 8 atom stereocenters. The normalized spacial score (nSPS) is 29.7. The van der Waals surface area contributed by atoms with Crippen LogP contribution in [-0.4, -0.2) is 85.8 Å². The lowest BCUT2D eigenvalue weighted by Gasteiger charge is -2.41. The Balaban J connectivity index is 1.88. The van der Waals surface area contributed by atoms with Crippen molar-refractivity contribution in [3.05, 3.63) is 54.6 Å². The summed E-state index contributed by atoms with van der Waals surface area (Å²) in [6.45, 7) is 14.6. The number of amides is 3. The van der Waals surface area contributed by atoms with Crippen LogP contribution in [0.15, 0.2) is 49.6 Å². The number of aliphatic hydroxyl groups excluding tert-OH is 1. The largest absolute Gasteiger partial charge is 0.394 e. The van der Waals surface area contributed by atoms with E-state index in [1.165, 1.54) is 0 Å². The van der Waals surface area contributed by atoms with Crippen molar-refractivity contribution in [3.63, 3.8) is 0 Å². The molecule has 1 spiro atoms. The van der Waals surface area contributed by atoms with Crippen molar-refractivity contribution in [1.82, 2.24) is 9.80 Å². The van der Waals surface area contributed by atoms with Crippen LogP contribution in [0.1, 0.15) is 40.0 Å². The fraction of sp³-hybridized carbons (Fsp3) is 0.581. The molecule has 3 heterocycles. The molecule has 3 fully saturated rings. The molecule has 0 aromatic heterocycles. The van der Waals surface area contributed by atoms with Gasteiger partial charge in [0.15, 0.2) is 0 Å². The van der Waals surface area contributed by atoms with Crippen molar-refractivity contribution in [1.29, 1.82) is 0 Å². The molecule has 7 nitrogen and oxygen atoms in total. The molecule has 3 unspecified atom stereocenters. The smallest absolute Gasteiger partial charge is 0.251 e. The maximum absolute atomic E-state index is 14.8. The van der Waals surface area contributed by atoms with E-state index in [-0.39, 0.29) is 46.9 Å². The Morgan fingerprint density at radius 2 is 1.93 bits per heavy atom. The van der Waals surface area contributed by atoms with Crippen molar-refractivity contribution in [3.8, 4) is 0 Å². The number of benzene rings is 1. The van der Waals surface area contributed by atoms with Gasteiger partial charge in [-0.3, -0.25) is 14.4 Å². The number of thioether (sulfide) groups is 1. The second-order valence-electron chi connectivity index (χ2n) is 11.3. The molecular weight excluding hydrogens is 626 g/mol. The third-order valence-corrected chi connectivity index (χ3v) is 12.5. The molecule has 1 N–H and O–H groups in total. The van der Waals surface area contributed by atoms with Crippen LogP contribution in [0.2, 0.25) is 5.02 Å². The lowest BCUT2D eigenvalue weighted by Crippen LogP contribution is -2.59. The van der Waals surface area contributed by atoms with E-state index in [4.69, 9.17) is 11.6 Å². The molecule has 1 aromatic carbocycles. The van der Waals surface area contributed by atoms with Crippen LogP contribution in [-0.2, 0) is 14.4 Å². The molecule has 3 amide bonds. The summed E-state index contributed by atoms with van der Waals surface area (Å²) >= 11 is 12.0. The van der Waals surface area contributed by atoms with E-state index in [0.29, 0.717) is 30.2 Å². The van der Waals surface area contributed by atoms with E-state index in [0.717, 1.165) is 12.8 Å². The maximum atomic E-state index is 14.8. The monoisotopic (exact) mass is 665 g/mol. The molecule has 224 valence electrons. The average molecular weight is 667 g/mol. The number of carbonyl (C=O) groups is 3. The van der Waals surface area contributed by atoms with Crippen LogP contribution >= 0.6 is 39.3 Å². The minimum absolute atomic E-state index is 0.0442. The number of halogens is 2. The Morgan fingerprint density at radius 3 is 2.51 bits per heavy atom. The molecule has 0 aliphatic carbocycles. The van der Waals surface area contributed by atoms with Gasteiger partial charge in [0.1, 0.15) is 6.04 Å². The Kier molecular flexibility index (Phi) is 10.4. The molecule has 0 saturated carbocycles. The van der Waals surface area contributed by atoms with Gasteiger partial charge in [-0.05, 0) is 30.9 Å². The van der Waals surface area contributed by atoms with Gasteiger partial charge in [-0.1, -0.05) is 79.0 Å². The lowest BCUT2D eigenvalue weighted by atomic mass is 9.70. The number of anilines is 1. The summed E-state index contributed by atoms with van der Waals surface area (Å²) in [5.74, 6) is -1.87. The van der Waals surface area contributed by atoms with Gasteiger partial charge in [0.25, 0.3) is 5.91 Å². The highest BCUT2D eigenvalue weighted by Gasteiger charge is 2.76. The van der Waals surface area contributed by atoms with Crippen molar-refractivity contribution in [2.75, 3.05) is 31.1 Å².